The van der Waals surface area contributed by atoms with Crippen LogP contribution in [0.2, 0.25) is 0 Å². The predicted molar refractivity (Wildman–Crippen MR) is 85.0 cm³/mol. The number of anilines is 1. The second-order valence-corrected chi connectivity index (χ2v) is 5.26. The first-order chi connectivity index (χ1) is 9.76. The molecule has 1 aromatic carbocycles. The second kappa shape index (κ2) is 6.91. The third-order valence-electron chi connectivity index (χ3n) is 3.45. The zero-order chi connectivity index (χ0) is 13.9. The van der Waals surface area contributed by atoms with E-state index in [0.717, 1.165) is 35.6 Å². The molecule has 114 valence electrons. The summed E-state index contributed by atoms with van der Waals surface area (Å²) < 4.78 is 5.70. The quantitative estimate of drug-likeness (QED) is 0.805. The molecule has 0 atom stereocenters. The van der Waals surface area contributed by atoms with Crippen LogP contribution in [0.4, 0.5) is 5.69 Å². The van der Waals surface area contributed by atoms with Crippen molar-refractivity contribution in [2.24, 2.45) is 0 Å². The Labute approximate surface area is 129 Å². The van der Waals surface area contributed by atoms with Crippen molar-refractivity contribution in [3.05, 3.63) is 24.1 Å². The average molecular weight is 310 g/mol. The number of halogens is 1. The molecule has 0 aliphatic heterocycles. The Morgan fingerprint density at radius 3 is 2.95 bits per heavy atom. The van der Waals surface area contributed by atoms with Crippen LogP contribution in [-0.2, 0) is 4.79 Å². The molecule has 5 nitrogen and oxygen atoms in total. The molecular weight excluding hydrogens is 290 g/mol. The lowest BCUT2D eigenvalue weighted by atomic mass is 10.2. The molecule has 1 amide bonds. The Kier molecular flexibility index (Phi) is 5.20. The summed E-state index contributed by atoms with van der Waals surface area (Å²) in [6.45, 7) is 0.848. The highest BCUT2D eigenvalue weighted by molar-refractivity contribution is 5.92. The van der Waals surface area contributed by atoms with E-state index in [9.17, 15) is 4.79 Å². The van der Waals surface area contributed by atoms with Crippen LogP contribution in [-0.4, -0.2) is 24.5 Å². The van der Waals surface area contributed by atoms with Crippen molar-refractivity contribution in [2.75, 3.05) is 18.9 Å². The fourth-order valence-corrected chi connectivity index (χ4v) is 2.18. The minimum Gasteiger partial charge on any atom is -0.440 e. The number of aromatic nitrogens is 1. The van der Waals surface area contributed by atoms with Crippen LogP contribution in [0, 0.1) is 0 Å². The van der Waals surface area contributed by atoms with Crippen molar-refractivity contribution < 1.29 is 9.21 Å². The maximum atomic E-state index is 11.8. The SMILES string of the molecule is CNCCCC(=O)Nc1ccc2oc(C3CC3)nc2c1.Cl. The smallest absolute Gasteiger partial charge is 0.224 e. The molecule has 21 heavy (non-hydrogen) atoms. The molecule has 0 spiro atoms. The van der Waals surface area contributed by atoms with E-state index in [-0.39, 0.29) is 18.3 Å². The minimum atomic E-state index is 0. The molecule has 0 unspecified atom stereocenters. The first-order valence-corrected chi connectivity index (χ1v) is 7.11. The molecule has 1 heterocycles. The maximum Gasteiger partial charge on any atom is 0.224 e. The highest BCUT2D eigenvalue weighted by atomic mass is 35.5. The first kappa shape index (κ1) is 15.8. The fourth-order valence-electron chi connectivity index (χ4n) is 2.18. The number of nitrogens with one attached hydrogen (secondary N) is 2. The summed E-state index contributed by atoms with van der Waals surface area (Å²) in [7, 11) is 1.88. The number of amides is 1. The largest absolute Gasteiger partial charge is 0.440 e. The zero-order valence-electron chi connectivity index (χ0n) is 12.0. The van der Waals surface area contributed by atoms with Crippen LogP contribution < -0.4 is 10.6 Å². The maximum absolute atomic E-state index is 11.8. The van der Waals surface area contributed by atoms with Crippen LogP contribution >= 0.6 is 12.4 Å². The molecule has 0 radical (unpaired) electrons. The summed E-state index contributed by atoms with van der Waals surface area (Å²) in [5, 5.41) is 5.93. The monoisotopic (exact) mass is 309 g/mol. The Morgan fingerprint density at radius 1 is 1.43 bits per heavy atom. The summed E-state index contributed by atoms with van der Waals surface area (Å²) in [4.78, 5) is 16.3. The van der Waals surface area contributed by atoms with Crippen molar-refractivity contribution in [3.8, 4) is 0 Å². The van der Waals surface area contributed by atoms with E-state index in [1.807, 2.05) is 25.2 Å². The van der Waals surface area contributed by atoms with E-state index in [0.29, 0.717) is 12.3 Å². The van der Waals surface area contributed by atoms with Gasteiger partial charge in [-0.3, -0.25) is 4.79 Å². The summed E-state index contributed by atoms with van der Waals surface area (Å²) in [5.41, 5.74) is 2.39. The van der Waals surface area contributed by atoms with Crippen molar-refractivity contribution >= 4 is 35.1 Å². The summed E-state index contributed by atoms with van der Waals surface area (Å²) in [6.07, 6.45) is 3.69. The third kappa shape index (κ3) is 3.95. The number of nitrogens with zero attached hydrogens (tertiary/aromatic N) is 1. The van der Waals surface area contributed by atoms with Crippen LogP contribution in [0.5, 0.6) is 0 Å². The molecule has 1 aliphatic rings. The molecule has 6 heteroatoms. The predicted octanol–water partition coefficient (Wildman–Crippen LogP) is 3.07. The van der Waals surface area contributed by atoms with Gasteiger partial charge < -0.3 is 15.1 Å². The summed E-state index contributed by atoms with van der Waals surface area (Å²) in [5.74, 6) is 1.37. The standard InChI is InChI=1S/C15H19N3O2.ClH/c1-16-8-2-3-14(19)17-11-6-7-13-12(9-11)18-15(20-13)10-4-5-10;/h6-7,9-10,16H,2-5,8H2,1H3,(H,17,19);1H. The van der Waals surface area contributed by atoms with Crippen LogP contribution in [0.15, 0.2) is 22.6 Å². The van der Waals surface area contributed by atoms with Crippen molar-refractivity contribution in [1.29, 1.82) is 0 Å². The van der Waals surface area contributed by atoms with Gasteiger partial charge in [0.25, 0.3) is 0 Å². The number of fused-ring (bicyclic) bond motifs is 1. The number of benzene rings is 1. The van der Waals surface area contributed by atoms with Gasteiger partial charge >= 0.3 is 0 Å². The Morgan fingerprint density at radius 2 is 2.24 bits per heavy atom. The first-order valence-electron chi connectivity index (χ1n) is 7.11. The number of carbonyl (C=O) groups is 1. The lowest BCUT2D eigenvalue weighted by Crippen LogP contribution is -2.15. The normalized spacial score (nSPS) is 14.0. The summed E-state index contributed by atoms with van der Waals surface area (Å²) in [6, 6.07) is 5.61. The molecule has 1 saturated carbocycles. The van der Waals surface area contributed by atoms with Crippen molar-refractivity contribution in [3.63, 3.8) is 0 Å². The average Bonchev–Trinajstić information content (AvgIpc) is 3.19. The van der Waals surface area contributed by atoms with Crippen molar-refractivity contribution in [1.82, 2.24) is 10.3 Å². The highest BCUT2D eigenvalue weighted by Gasteiger charge is 2.28. The Bertz CT molecular complexity index is 622. The van der Waals surface area contributed by atoms with Gasteiger partial charge in [-0.05, 0) is 51.1 Å². The van der Waals surface area contributed by atoms with Crippen LogP contribution in [0.25, 0.3) is 11.1 Å². The third-order valence-corrected chi connectivity index (χ3v) is 3.45. The van der Waals surface area contributed by atoms with Gasteiger partial charge in [0.1, 0.15) is 5.52 Å². The second-order valence-electron chi connectivity index (χ2n) is 5.26. The Balaban J connectivity index is 0.00000161. The van der Waals surface area contributed by atoms with Gasteiger partial charge in [0.2, 0.25) is 5.91 Å². The number of carbonyl (C=O) groups excluding carboxylic acids is 1. The molecule has 1 aromatic heterocycles. The van der Waals surface area contributed by atoms with Crippen molar-refractivity contribution in [2.45, 2.75) is 31.6 Å². The number of hydrogen-bond donors (Lipinski definition) is 2. The van der Waals surface area contributed by atoms with Gasteiger partial charge in [-0.15, -0.1) is 12.4 Å². The van der Waals surface area contributed by atoms with E-state index in [1.165, 1.54) is 12.8 Å². The van der Waals surface area contributed by atoms with Gasteiger partial charge in [0.15, 0.2) is 11.5 Å². The van der Waals surface area contributed by atoms with E-state index in [1.54, 1.807) is 0 Å². The topological polar surface area (TPSA) is 67.2 Å². The molecular formula is C15H20ClN3O2. The van der Waals surface area contributed by atoms with Crippen LogP contribution in [0.3, 0.4) is 0 Å². The Hall–Kier alpha value is -1.59. The van der Waals surface area contributed by atoms with E-state index < -0.39 is 0 Å². The van der Waals surface area contributed by atoms with Gasteiger partial charge in [-0.1, -0.05) is 0 Å². The summed E-state index contributed by atoms with van der Waals surface area (Å²) >= 11 is 0. The number of rotatable bonds is 6. The molecule has 0 bridgehead atoms. The van der Waals surface area contributed by atoms with Crippen LogP contribution in [0.1, 0.15) is 37.5 Å². The van der Waals surface area contributed by atoms with E-state index >= 15 is 0 Å². The molecule has 0 saturated heterocycles. The molecule has 1 aliphatic carbocycles. The van der Waals surface area contributed by atoms with Gasteiger partial charge in [-0.25, -0.2) is 4.98 Å². The van der Waals surface area contributed by atoms with E-state index in [2.05, 4.69) is 15.6 Å². The molecule has 3 rings (SSSR count). The zero-order valence-corrected chi connectivity index (χ0v) is 12.8. The van der Waals surface area contributed by atoms with E-state index in [4.69, 9.17) is 4.42 Å². The van der Waals surface area contributed by atoms with Gasteiger partial charge in [0, 0.05) is 18.0 Å². The molecule has 2 N–H and O–H groups in total. The lowest BCUT2D eigenvalue weighted by Gasteiger charge is -2.04. The molecule has 1 fully saturated rings. The number of hydrogen-bond acceptors (Lipinski definition) is 4. The van der Waals surface area contributed by atoms with Gasteiger partial charge in [0.05, 0.1) is 0 Å². The minimum absolute atomic E-state index is 0. The fraction of sp³-hybridized carbons (Fsp3) is 0.467. The molecule has 2 aromatic rings. The lowest BCUT2D eigenvalue weighted by molar-refractivity contribution is -0.116. The highest BCUT2D eigenvalue weighted by Crippen LogP contribution is 2.40. The number of oxazole rings is 1. The van der Waals surface area contributed by atoms with Gasteiger partial charge in [-0.2, -0.15) is 0 Å².